The lowest BCUT2D eigenvalue weighted by Crippen LogP contribution is -2.53. The van der Waals surface area contributed by atoms with E-state index >= 15 is 0 Å². The quantitative estimate of drug-likeness (QED) is 0.774. The second-order valence-corrected chi connectivity index (χ2v) is 8.34. The second kappa shape index (κ2) is 7.56. The maximum atomic E-state index is 12.4. The highest BCUT2D eigenvalue weighted by Crippen LogP contribution is 2.20. The summed E-state index contributed by atoms with van der Waals surface area (Å²) in [6.45, 7) is 5.20. The number of nitrogens with zero attached hydrogens (tertiary/aromatic N) is 2. The molecule has 1 saturated heterocycles. The number of hydrogen-bond acceptors (Lipinski definition) is 4. The van der Waals surface area contributed by atoms with E-state index in [1.807, 2.05) is 14.1 Å². The van der Waals surface area contributed by atoms with Gasteiger partial charge in [0, 0.05) is 19.1 Å². The van der Waals surface area contributed by atoms with E-state index in [0.29, 0.717) is 25.4 Å². The molecule has 1 fully saturated rings. The van der Waals surface area contributed by atoms with Crippen molar-refractivity contribution in [2.45, 2.75) is 45.2 Å². The summed E-state index contributed by atoms with van der Waals surface area (Å²) < 4.78 is 24.9. The molecule has 21 heavy (non-hydrogen) atoms. The number of amides is 1. The van der Waals surface area contributed by atoms with Gasteiger partial charge in [-0.05, 0) is 32.9 Å². The fraction of sp³-hybridized carbons (Fsp3) is 0.929. The maximum Gasteiger partial charge on any atom is 0.238 e. The molecule has 0 spiro atoms. The first-order chi connectivity index (χ1) is 9.64. The number of carbonyl (C=O) groups excluding carboxylic acids is 1. The Morgan fingerprint density at radius 3 is 2.43 bits per heavy atom. The number of nitrogens with one attached hydrogen (secondary N) is 1. The van der Waals surface area contributed by atoms with Crippen LogP contribution in [-0.2, 0) is 14.8 Å². The maximum absolute atomic E-state index is 12.4. The van der Waals surface area contributed by atoms with Crippen LogP contribution in [0.25, 0.3) is 0 Å². The molecule has 1 aliphatic rings. The molecule has 0 aromatic rings. The van der Waals surface area contributed by atoms with Crippen LogP contribution < -0.4 is 5.32 Å². The van der Waals surface area contributed by atoms with Crippen molar-refractivity contribution in [2.24, 2.45) is 5.92 Å². The minimum absolute atomic E-state index is 0.173. The molecule has 1 amide bonds. The van der Waals surface area contributed by atoms with Crippen molar-refractivity contribution in [1.29, 1.82) is 0 Å². The predicted octanol–water partition coefficient (Wildman–Crippen LogP) is 0.503. The zero-order valence-electron chi connectivity index (χ0n) is 13.8. The Balaban J connectivity index is 2.69. The fourth-order valence-electron chi connectivity index (χ4n) is 2.90. The molecule has 1 aliphatic heterocycles. The number of rotatable bonds is 6. The average Bonchev–Trinajstić information content (AvgIpc) is 2.36. The van der Waals surface area contributed by atoms with Gasteiger partial charge >= 0.3 is 0 Å². The number of hydrogen-bond donors (Lipinski definition) is 1. The molecule has 0 radical (unpaired) electrons. The normalized spacial score (nSPS) is 22.5. The molecule has 1 N–H and O–H groups in total. The zero-order chi connectivity index (χ0) is 16.2. The van der Waals surface area contributed by atoms with E-state index < -0.39 is 16.1 Å². The Morgan fingerprint density at radius 2 is 1.95 bits per heavy atom. The van der Waals surface area contributed by atoms with Crippen molar-refractivity contribution in [3.63, 3.8) is 0 Å². The smallest absolute Gasteiger partial charge is 0.238 e. The molecule has 124 valence electrons. The van der Waals surface area contributed by atoms with Crippen LogP contribution in [0.15, 0.2) is 0 Å². The number of sulfonamides is 1. The lowest BCUT2D eigenvalue weighted by atomic mass is 10.0. The van der Waals surface area contributed by atoms with E-state index in [4.69, 9.17) is 0 Å². The van der Waals surface area contributed by atoms with E-state index in [9.17, 15) is 13.2 Å². The Bertz CT molecular complexity index is 440. The first-order valence-corrected chi connectivity index (χ1v) is 9.40. The summed E-state index contributed by atoms with van der Waals surface area (Å²) in [5.74, 6) is 0.241. The molecular weight excluding hydrogens is 290 g/mol. The third-order valence-corrected chi connectivity index (χ3v) is 5.39. The molecule has 1 rings (SSSR count). The van der Waals surface area contributed by atoms with Crippen LogP contribution in [0.1, 0.15) is 33.1 Å². The lowest BCUT2D eigenvalue weighted by molar-refractivity contribution is -0.126. The lowest BCUT2D eigenvalue weighted by Gasteiger charge is -2.34. The van der Waals surface area contributed by atoms with Gasteiger partial charge in [0.2, 0.25) is 15.9 Å². The Kier molecular flexibility index (Phi) is 6.62. The van der Waals surface area contributed by atoms with Gasteiger partial charge in [-0.25, -0.2) is 8.42 Å². The molecule has 6 nitrogen and oxygen atoms in total. The van der Waals surface area contributed by atoms with Gasteiger partial charge < -0.3 is 10.2 Å². The van der Waals surface area contributed by atoms with Gasteiger partial charge in [0.25, 0.3) is 0 Å². The van der Waals surface area contributed by atoms with E-state index in [1.165, 1.54) is 10.6 Å². The Labute approximate surface area is 128 Å². The van der Waals surface area contributed by atoms with Crippen molar-refractivity contribution in [3.8, 4) is 0 Å². The molecule has 2 unspecified atom stereocenters. The summed E-state index contributed by atoms with van der Waals surface area (Å²) in [5, 5.41) is 2.93. The summed E-state index contributed by atoms with van der Waals surface area (Å²) in [4.78, 5) is 14.5. The number of piperidine rings is 1. The summed E-state index contributed by atoms with van der Waals surface area (Å²) in [5.41, 5.74) is 0. The summed E-state index contributed by atoms with van der Waals surface area (Å²) in [6, 6.07) is -0.312. The van der Waals surface area contributed by atoms with Crippen LogP contribution in [0, 0.1) is 5.92 Å². The van der Waals surface area contributed by atoms with E-state index in [2.05, 4.69) is 24.1 Å². The third kappa shape index (κ3) is 5.23. The fourth-order valence-corrected chi connectivity index (χ4v) is 4.03. The van der Waals surface area contributed by atoms with Crippen molar-refractivity contribution in [2.75, 3.05) is 33.4 Å². The molecule has 0 saturated carbocycles. The van der Waals surface area contributed by atoms with E-state index in [1.54, 1.807) is 0 Å². The first-order valence-electron chi connectivity index (χ1n) is 7.55. The minimum atomic E-state index is -3.33. The largest absolute Gasteiger partial charge is 0.353 e. The first kappa shape index (κ1) is 18.4. The van der Waals surface area contributed by atoms with Gasteiger partial charge in [-0.3, -0.25) is 4.79 Å². The van der Waals surface area contributed by atoms with Gasteiger partial charge in [-0.1, -0.05) is 20.3 Å². The van der Waals surface area contributed by atoms with Gasteiger partial charge in [0.05, 0.1) is 6.26 Å². The van der Waals surface area contributed by atoms with Crippen LogP contribution >= 0.6 is 0 Å². The van der Waals surface area contributed by atoms with Crippen molar-refractivity contribution in [3.05, 3.63) is 0 Å². The van der Waals surface area contributed by atoms with Crippen molar-refractivity contribution >= 4 is 15.9 Å². The van der Waals surface area contributed by atoms with Gasteiger partial charge in [-0.15, -0.1) is 0 Å². The molecule has 7 heteroatoms. The van der Waals surface area contributed by atoms with Gasteiger partial charge in [0.15, 0.2) is 0 Å². The molecule has 0 aromatic carbocycles. The van der Waals surface area contributed by atoms with Crippen molar-refractivity contribution in [1.82, 2.24) is 14.5 Å². The summed E-state index contributed by atoms with van der Waals surface area (Å²) in [6.07, 6.45) is 3.50. The second-order valence-electron chi connectivity index (χ2n) is 6.41. The van der Waals surface area contributed by atoms with Crippen molar-refractivity contribution < 1.29 is 13.2 Å². The minimum Gasteiger partial charge on any atom is -0.353 e. The SMILES string of the molecule is CC(C)C(CNC(=O)C1CCCCN1S(C)(=O)=O)N(C)C. The molecule has 2 atom stereocenters. The highest BCUT2D eigenvalue weighted by molar-refractivity contribution is 7.88. The molecular formula is C14H29N3O3S. The van der Waals surface area contributed by atoms with Gasteiger partial charge in [-0.2, -0.15) is 4.31 Å². The summed E-state index contributed by atoms with van der Waals surface area (Å²) in [7, 11) is 0.643. The average molecular weight is 319 g/mol. The Hall–Kier alpha value is -0.660. The van der Waals surface area contributed by atoms with Gasteiger partial charge in [0.1, 0.15) is 6.04 Å². The van der Waals surface area contributed by atoms with E-state index in [-0.39, 0.29) is 11.9 Å². The van der Waals surface area contributed by atoms with Crippen LogP contribution in [0.3, 0.4) is 0 Å². The summed E-state index contributed by atoms with van der Waals surface area (Å²) >= 11 is 0. The van der Waals surface area contributed by atoms with Crippen LogP contribution in [0.2, 0.25) is 0 Å². The monoisotopic (exact) mass is 319 g/mol. The van der Waals surface area contributed by atoms with E-state index in [0.717, 1.165) is 12.8 Å². The third-order valence-electron chi connectivity index (χ3n) is 4.10. The molecule has 1 heterocycles. The Morgan fingerprint density at radius 1 is 1.33 bits per heavy atom. The van der Waals surface area contributed by atoms with Crippen LogP contribution in [0.4, 0.5) is 0 Å². The topological polar surface area (TPSA) is 69.7 Å². The highest BCUT2D eigenvalue weighted by Gasteiger charge is 2.34. The predicted molar refractivity (Wildman–Crippen MR) is 84.5 cm³/mol. The molecule has 0 aromatic heterocycles. The number of likely N-dealkylation sites (N-methyl/N-ethyl adjacent to an activating group) is 1. The standard InChI is InChI=1S/C14H29N3O3S/c1-11(2)13(16(3)4)10-15-14(18)12-8-6-7-9-17(12)21(5,19)20/h11-13H,6-10H2,1-5H3,(H,15,18). The molecule has 0 aliphatic carbocycles. The number of carbonyl (C=O) groups is 1. The highest BCUT2D eigenvalue weighted by atomic mass is 32.2. The van der Waals surface area contributed by atoms with Crippen LogP contribution in [0.5, 0.6) is 0 Å². The molecule has 0 bridgehead atoms. The zero-order valence-corrected chi connectivity index (χ0v) is 14.6. The van der Waals surface area contributed by atoms with Crippen LogP contribution in [-0.4, -0.2) is 69.1 Å².